The first kappa shape index (κ1) is 19.0. The van der Waals surface area contributed by atoms with Gasteiger partial charge in [-0.2, -0.15) is 0 Å². The number of nitrogen functional groups attached to an aromatic ring is 1. The van der Waals surface area contributed by atoms with Gasteiger partial charge in [0.25, 0.3) is 0 Å². The fraction of sp³-hybridized carbons (Fsp3) is 0.700. The van der Waals surface area contributed by atoms with Crippen LogP contribution in [0.2, 0.25) is 0 Å². The number of aromatic hydroxyl groups is 1. The fourth-order valence-corrected chi connectivity index (χ4v) is 8.49. The van der Waals surface area contributed by atoms with Gasteiger partial charge < -0.3 is 21.7 Å². The Morgan fingerprint density at radius 1 is 1.07 bits per heavy atom. The number of hydrogen-bond acceptors (Lipinski definition) is 6. The Labute approximate surface area is 160 Å². The van der Waals surface area contributed by atoms with Crippen molar-refractivity contribution in [2.45, 2.75) is 85.5 Å². The predicted octanol–water partition coefficient (Wildman–Crippen LogP) is 2.21. The normalized spacial score (nSPS) is 36.4. The first-order chi connectivity index (χ1) is 12.8. The maximum absolute atomic E-state index is 13.5. The number of rotatable bonds is 1. The Bertz CT molecular complexity index is 833. The molecule has 6 N–H and O–H groups in total. The van der Waals surface area contributed by atoms with Crippen molar-refractivity contribution in [3.05, 3.63) is 17.7 Å². The molecule has 4 rings (SSSR count). The third-order valence-corrected chi connectivity index (χ3v) is 9.56. The summed E-state index contributed by atoms with van der Waals surface area (Å²) in [5.74, 6) is 0.0724. The number of aliphatic hydroxyl groups excluding tert-OH is 1. The summed E-state index contributed by atoms with van der Waals surface area (Å²) >= 11 is 0. The molecule has 0 bridgehead atoms. The molecule has 7 heteroatoms. The second-order valence-corrected chi connectivity index (χ2v) is 10.8. The Kier molecular flexibility index (Phi) is 4.68. The molecule has 4 atom stereocenters. The van der Waals surface area contributed by atoms with E-state index in [1.807, 2.05) is 0 Å². The largest absolute Gasteiger partial charge is 0.506 e. The Balaban J connectivity index is 1.93. The minimum atomic E-state index is -3.61. The lowest BCUT2D eigenvalue weighted by atomic mass is 9.58. The molecule has 2 saturated carbocycles. The summed E-state index contributed by atoms with van der Waals surface area (Å²) in [7, 11) is -3.61. The Morgan fingerprint density at radius 3 is 2.37 bits per heavy atom. The van der Waals surface area contributed by atoms with Crippen LogP contribution in [0, 0.1) is 5.92 Å². The van der Waals surface area contributed by atoms with E-state index in [2.05, 4.69) is 0 Å². The Hall–Kier alpha value is -1.31. The molecular formula is C20H30N2O4S. The molecule has 0 amide bonds. The molecule has 0 saturated heterocycles. The van der Waals surface area contributed by atoms with E-state index < -0.39 is 32.6 Å². The summed E-state index contributed by atoms with van der Waals surface area (Å²) in [5.41, 5.74) is 12.0. The van der Waals surface area contributed by atoms with E-state index in [-0.39, 0.29) is 28.7 Å². The van der Waals surface area contributed by atoms with Gasteiger partial charge in [-0.05, 0) is 49.3 Å². The predicted molar refractivity (Wildman–Crippen MR) is 104 cm³/mol. The van der Waals surface area contributed by atoms with Crippen LogP contribution in [0.5, 0.6) is 5.75 Å². The van der Waals surface area contributed by atoms with E-state index in [1.165, 1.54) is 12.5 Å². The molecule has 3 aliphatic rings. The van der Waals surface area contributed by atoms with Gasteiger partial charge in [0.15, 0.2) is 9.84 Å². The van der Waals surface area contributed by atoms with Crippen molar-refractivity contribution in [2.24, 2.45) is 11.7 Å². The highest BCUT2D eigenvalue weighted by molar-refractivity contribution is 7.92. The van der Waals surface area contributed by atoms with Crippen LogP contribution in [0.25, 0.3) is 0 Å². The SMILES string of the molecule is Nc1cc2c(cc1O)C1(C3CCCCCCC3)CC(O)C(N)CC1S2(=O)=O. The minimum Gasteiger partial charge on any atom is -0.506 e. The summed E-state index contributed by atoms with van der Waals surface area (Å²) in [6.07, 6.45) is 7.40. The molecule has 4 unspecified atom stereocenters. The van der Waals surface area contributed by atoms with Crippen molar-refractivity contribution in [2.75, 3.05) is 5.73 Å². The van der Waals surface area contributed by atoms with E-state index in [9.17, 15) is 18.6 Å². The van der Waals surface area contributed by atoms with Gasteiger partial charge in [-0.25, -0.2) is 8.42 Å². The van der Waals surface area contributed by atoms with E-state index in [1.54, 1.807) is 6.07 Å². The quantitative estimate of drug-likeness (QED) is 0.427. The van der Waals surface area contributed by atoms with Crippen molar-refractivity contribution >= 4 is 15.5 Å². The molecular weight excluding hydrogens is 364 g/mol. The molecule has 27 heavy (non-hydrogen) atoms. The molecule has 1 aromatic rings. The van der Waals surface area contributed by atoms with Crippen LogP contribution in [0.15, 0.2) is 17.0 Å². The second kappa shape index (κ2) is 6.64. The molecule has 0 aromatic heterocycles. The zero-order chi connectivity index (χ0) is 19.4. The molecule has 2 aliphatic carbocycles. The average Bonchev–Trinajstić information content (AvgIpc) is 2.75. The van der Waals surface area contributed by atoms with Crippen molar-refractivity contribution in [3.8, 4) is 5.75 Å². The lowest BCUT2D eigenvalue weighted by Gasteiger charge is -2.49. The van der Waals surface area contributed by atoms with Crippen LogP contribution >= 0.6 is 0 Å². The van der Waals surface area contributed by atoms with Crippen molar-refractivity contribution < 1.29 is 18.6 Å². The third-order valence-electron chi connectivity index (χ3n) is 7.25. The second-order valence-electron chi connectivity index (χ2n) is 8.69. The monoisotopic (exact) mass is 394 g/mol. The zero-order valence-electron chi connectivity index (χ0n) is 15.6. The summed E-state index contributed by atoms with van der Waals surface area (Å²) < 4.78 is 26.9. The zero-order valence-corrected chi connectivity index (χ0v) is 16.4. The van der Waals surface area contributed by atoms with Gasteiger partial charge in [-0.3, -0.25) is 0 Å². The maximum atomic E-state index is 13.5. The van der Waals surface area contributed by atoms with Crippen molar-refractivity contribution in [1.29, 1.82) is 0 Å². The highest BCUT2D eigenvalue weighted by atomic mass is 32.2. The summed E-state index contributed by atoms with van der Waals surface area (Å²) in [6.45, 7) is 0. The van der Waals surface area contributed by atoms with E-state index in [0.717, 1.165) is 38.5 Å². The lowest BCUT2D eigenvalue weighted by Crippen LogP contribution is -2.57. The van der Waals surface area contributed by atoms with Crippen LogP contribution in [0.3, 0.4) is 0 Å². The molecule has 1 aromatic carbocycles. The Morgan fingerprint density at radius 2 is 1.70 bits per heavy atom. The van der Waals surface area contributed by atoms with Gasteiger partial charge in [0, 0.05) is 11.5 Å². The molecule has 2 fully saturated rings. The van der Waals surface area contributed by atoms with E-state index in [0.29, 0.717) is 12.0 Å². The van der Waals surface area contributed by atoms with Gasteiger partial charge in [0.1, 0.15) is 5.75 Å². The van der Waals surface area contributed by atoms with Crippen LogP contribution in [0.4, 0.5) is 5.69 Å². The van der Waals surface area contributed by atoms with E-state index in [4.69, 9.17) is 11.5 Å². The highest BCUT2D eigenvalue weighted by Crippen LogP contribution is 2.59. The number of sulfone groups is 1. The first-order valence-corrected chi connectivity index (χ1v) is 11.6. The molecule has 1 heterocycles. The van der Waals surface area contributed by atoms with E-state index >= 15 is 0 Å². The number of aliphatic hydroxyl groups is 1. The third kappa shape index (κ3) is 2.77. The number of phenolic OH excluding ortho intramolecular Hbond substituents is 1. The van der Waals surface area contributed by atoms with Crippen LogP contribution < -0.4 is 11.5 Å². The van der Waals surface area contributed by atoms with Gasteiger partial charge >= 0.3 is 0 Å². The number of phenols is 1. The molecule has 150 valence electrons. The first-order valence-electron chi connectivity index (χ1n) is 10.1. The molecule has 1 aliphatic heterocycles. The number of nitrogens with two attached hydrogens (primary N) is 2. The van der Waals surface area contributed by atoms with Crippen LogP contribution in [-0.2, 0) is 15.3 Å². The summed E-state index contributed by atoms with van der Waals surface area (Å²) in [4.78, 5) is 0.228. The molecule has 6 nitrogen and oxygen atoms in total. The number of benzene rings is 1. The minimum absolute atomic E-state index is 0.0774. The number of fused-ring (bicyclic) bond motifs is 3. The summed E-state index contributed by atoms with van der Waals surface area (Å²) in [6, 6.07) is 2.40. The van der Waals surface area contributed by atoms with Gasteiger partial charge in [-0.15, -0.1) is 0 Å². The topological polar surface area (TPSA) is 127 Å². The van der Waals surface area contributed by atoms with Gasteiger partial charge in [-0.1, -0.05) is 32.1 Å². The van der Waals surface area contributed by atoms with Crippen molar-refractivity contribution in [1.82, 2.24) is 0 Å². The number of anilines is 1. The molecule has 0 radical (unpaired) electrons. The average molecular weight is 395 g/mol. The van der Waals surface area contributed by atoms with Gasteiger partial charge in [0.05, 0.1) is 21.9 Å². The van der Waals surface area contributed by atoms with Crippen LogP contribution in [-0.4, -0.2) is 36.0 Å². The molecule has 0 spiro atoms. The number of hydrogen-bond donors (Lipinski definition) is 4. The van der Waals surface area contributed by atoms with Gasteiger partial charge in [0.2, 0.25) is 0 Å². The fourth-order valence-electron chi connectivity index (χ4n) is 5.89. The highest BCUT2D eigenvalue weighted by Gasteiger charge is 2.62. The van der Waals surface area contributed by atoms with Crippen LogP contribution in [0.1, 0.15) is 63.4 Å². The maximum Gasteiger partial charge on any atom is 0.182 e. The summed E-state index contributed by atoms with van der Waals surface area (Å²) in [5, 5.41) is 20.3. The lowest BCUT2D eigenvalue weighted by molar-refractivity contribution is 0.0382. The van der Waals surface area contributed by atoms with Crippen molar-refractivity contribution in [3.63, 3.8) is 0 Å². The smallest absolute Gasteiger partial charge is 0.182 e. The standard InChI is InChI=1S/C20H30N2O4S/c21-14-9-18-13(8-16(14)23)20(12-6-4-2-1-3-5-7-12)11-17(24)15(22)10-19(20)27(18,25)26/h8-9,12,15,17,19,23-24H,1-7,10-11,21-22H2.